The molecule has 0 radical (unpaired) electrons. The molecule has 1 fully saturated rings. The number of amides is 1. The fourth-order valence-corrected chi connectivity index (χ4v) is 2.71. The number of carbonyl (C=O) groups is 1. The fourth-order valence-electron chi connectivity index (χ4n) is 2.71. The minimum absolute atomic E-state index is 0.108. The predicted molar refractivity (Wildman–Crippen MR) is 86.0 cm³/mol. The Hall–Kier alpha value is -2.07. The zero-order valence-electron chi connectivity index (χ0n) is 12.7. The largest absolute Gasteiger partial charge is 0.480 e. The molecule has 1 heterocycles. The third-order valence-corrected chi connectivity index (χ3v) is 3.95. The lowest BCUT2D eigenvalue weighted by molar-refractivity contribution is -0.127. The summed E-state index contributed by atoms with van der Waals surface area (Å²) in [7, 11) is 0. The summed E-state index contributed by atoms with van der Waals surface area (Å²) in [6.07, 6.45) is 1.70. The van der Waals surface area contributed by atoms with Crippen molar-refractivity contribution in [3.8, 4) is 5.75 Å². The molecule has 22 heavy (non-hydrogen) atoms. The van der Waals surface area contributed by atoms with E-state index in [0.29, 0.717) is 6.54 Å². The maximum absolute atomic E-state index is 12.1. The Bertz CT molecular complexity index is 644. The van der Waals surface area contributed by atoms with Gasteiger partial charge in [0.2, 0.25) is 0 Å². The summed E-state index contributed by atoms with van der Waals surface area (Å²) in [4.78, 5) is 12.1. The molecule has 0 bridgehead atoms. The molecule has 2 aromatic carbocycles. The predicted octanol–water partition coefficient (Wildman–Crippen LogP) is 2.90. The number of ether oxygens (including phenoxy) is 2. The third kappa shape index (κ3) is 3.39. The number of nitrogens with one attached hydrogen (secondary N) is 1. The van der Waals surface area contributed by atoms with Crippen LogP contribution in [0.5, 0.6) is 5.75 Å². The topological polar surface area (TPSA) is 47.6 Å². The number of fused-ring (bicyclic) bond motifs is 1. The van der Waals surface area contributed by atoms with E-state index in [-0.39, 0.29) is 12.0 Å². The van der Waals surface area contributed by atoms with E-state index < -0.39 is 6.10 Å². The highest BCUT2D eigenvalue weighted by Crippen LogP contribution is 2.26. The van der Waals surface area contributed by atoms with Gasteiger partial charge in [-0.3, -0.25) is 4.79 Å². The van der Waals surface area contributed by atoms with E-state index in [1.54, 1.807) is 6.92 Å². The number of hydrogen-bond acceptors (Lipinski definition) is 3. The molecule has 116 valence electrons. The summed E-state index contributed by atoms with van der Waals surface area (Å²) in [6, 6.07) is 13.9. The molecule has 0 aliphatic carbocycles. The van der Waals surface area contributed by atoms with Crippen LogP contribution < -0.4 is 10.1 Å². The molecule has 1 N–H and O–H groups in total. The molecule has 1 aliphatic rings. The average Bonchev–Trinajstić information content (AvgIpc) is 3.06. The molecule has 1 amide bonds. The molecule has 2 aromatic rings. The second-order valence-corrected chi connectivity index (χ2v) is 5.62. The first-order valence-corrected chi connectivity index (χ1v) is 7.78. The first-order valence-electron chi connectivity index (χ1n) is 7.78. The van der Waals surface area contributed by atoms with E-state index in [9.17, 15) is 4.79 Å². The van der Waals surface area contributed by atoms with Crippen LogP contribution in [0.25, 0.3) is 10.8 Å². The number of benzene rings is 2. The van der Waals surface area contributed by atoms with Gasteiger partial charge >= 0.3 is 0 Å². The van der Waals surface area contributed by atoms with Crippen molar-refractivity contribution in [1.82, 2.24) is 5.32 Å². The van der Waals surface area contributed by atoms with Gasteiger partial charge in [-0.05, 0) is 31.2 Å². The van der Waals surface area contributed by atoms with Crippen LogP contribution in [-0.4, -0.2) is 31.3 Å². The van der Waals surface area contributed by atoms with Crippen molar-refractivity contribution in [2.24, 2.45) is 0 Å². The Labute approximate surface area is 130 Å². The first-order chi connectivity index (χ1) is 10.7. The van der Waals surface area contributed by atoms with Crippen LogP contribution in [0.2, 0.25) is 0 Å². The zero-order valence-corrected chi connectivity index (χ0v) is 12.7. The molecule has 3 rings (SSSR count). The van der Waals surface area contributed by atoms with E-state index in [2.05, 4.69) is 5.32 Å². The SMILES string of the molecule is C[C@@H](Oc1cccc2ccccc12)C(=O)NC[C@@H]1CCCO1. The van der Waals surface area contributed by atoms with E-state index in [0.717, 1.165) is 36.0 Å². The van der Waals surface area contributed by atoms with Crippen molar-refractivity contribution in [2.45, 2.75) is 32.0 Å². The van der Waals surface area contributed by atoms with Crippen molar-refractivity contribution in [3.63, 3.8) is 0 Å². The Balaban J connectivity index is 1.62. The third-order valence-electron chi connectivity index (χ3n) is 3.95. The summed E-state index contributed by atoms with van der Waals surface area (Å²) < 4.78 is 11.4. The van der Waals surface area contributed by atoms with Crippen molar-refractivity contribution < 1.29 is 14.3 Å². The van der Waals surface area contributed by atoms with E-state index >= 15 is 0 Å². The molecule has 0 aromatic heterocycles. The lowest BCUT2D eigenvalue weighted by Crippen LogP contribution is -2.40. The zero-order chi connectivity index (χ0) is 15.4. The van der Waals surface area contributed by atoms with Gasteiger partial charge in [0.25, 0.3) is 5.91 Å². The van der Waals surface area contributed by atoms with Crippen LogP contribution in [0, 0.1) is 0 Å². The maximum Gasteiger partial charge on any atom is 0.260 e. The van der Waals surface area contributed by atoms with Gasteiger partial charge in [-0.1, -0.05) is 36.4 Å². The van der Waals surface area contributed by atoms with Crippen molar-refractivity contribution in [1.29, 1.82) is 0 Å². The number of rotatable bonds is 5. The molecule has 4 heteroatoms. The summed E-state index contributed by atoms with van der Waals surface area (Å²) >= 11 is 0. The summed E-state index contributed by atoms with van der Waals surface area (Å²) in [6.45, 7) is 3.12. The van der Waals surface area contributed by atoms with E-state index in [1.807, 2.05) is 42.5 Å². The molecule has 0 unspecified atom stereocenters. The van der Waals surface area contributed by atoms with Gasteiger partial charge in [-0.25, -0.2) is 0 Å². The van der Waals surface area contributed by atoms with Gasteiger partial charge in [-0.2, -0.15) is 0 Å². The van der Waals surface area contributed by atoms with Crippen molar-refractivity contribution in [3.05, 3.63) is 42.5 Å². The quantitative estimate of drug-likeness (QED) is 0.923. The molecule has 0 spiro atoms. The van der Waals surface area contributed by atoms with Gasteiger partial charge in [0.15, 0.2) is 6.10 Å². The molecule has 1 aliphatic heterocycles. The summed E-state index contributed by atoms with van der Waals surface area (Å²) in [5, 5.41) is 5.02. The minimum Gasteiger partial charge on any atom is -0.480 e. The smallest absolute Gasteiger partial charge is 0.260 e. The Morgan fingerprint density at radius 1 is 1.32 bits per heavy atom. The minimum atomic E-state index is -0.535. The van der Waals surface area contributed by atoms with E-state index in [4.69, 9.17) is 9.47 Å². The normalized spacial score (nSPS) is 19.0. The first kappa shape index (κ1) is 14.9. The maximum atomic E-state index is 12.1. The fraction of sp³-hybridized carbons (Fsp3) is 0.389. The monoisotopic (exact) mass is 299 g/mol. The van der Waals surface area contributed by atoms with Crippen LogP contribution in [-0.2, 0) is 9.53 Å². The van der Waals surface area contributed by atoms with Crippen LogP contribution in [0.3, 0.4) is 0 Å². The molecule has 0 saturated carbocycles. The van der Waals surface area contributed by atoms with Gasteiger partial charge in [0, 0.05) is 18.5 Å². The Morgan fingerprint density at radius 3 is 2.95 bits per heavy atom. The van der Waals surface area contributed by atoms with Gasteiger partial charge in [0.05, 0.1) is 6.10 Å². The van der Waals surface area contributed by atoms with Gasteiger partial charge < -0.3 is 14.8 Å². The molecule has 2 atom stereocenters. The number of hydrogen-bond donors (Lipinski definition) is 1. The molecular weight excluding hydrogens is 278 g/mol. The van der Waals surface area contributed by atoms with Gasteiger partial charge in [0.1, 0.15) is 5.75 Å². The summed E-state index contributed by atoms with van der Waals surface area (Å²) in [5.74, 6) is 0.626. The van der Waals surface area contributed by atoms with Crippen molar-refractivity contribution >= 4 is 16.7 Å². The summed E-state index contributed by atoms with van der Waals surface area (Å²) in [5.41, 5.74) is 0. The highest BCUT2D eigenvalue weighted by molar-refractivity contribution is 5.89. The molecular formula is C18H21NO3. The van der Waals surface area contributed by atoms with Crippen molar-refractivity contribution in [2.75, 3.05) is 13.2 Å². The average molecular weight is 299 g/mol. The van der Waals surface area contributed by atoms with Crippen LogP contribution in [0.1, 0.15) is 19.8 Å². The van der Waals surface area contributed by atoms with E-state index in [1.165, 1.54) is 0 Å². The lowest BCUT2D eigenvalue weighted by atomic mass is 10.1. The Kier molecular flexibility index (Phi) is 4.59. The second-order valence-electron chi connectivity index (χ2n) is 5.62. The standard InChI is InChI=1S/C18H21NO3/c1-13(18(20)19-12-15-8-5-11-21-15)22-17-10-4-7-14-6-2-3-9-16(14)17/h2-4,6-7,9-10,13,15H,5,8,11-12H2,1H3,(H,19,20)/t13-,15+/m1/s1. The highest BCUT2D eigenvalue weighted by Gasteiger charge is 2.20. The van der Waals surface area contributed by atoms with Gasteiger partial charge in [-0.15, -0.1) is 0 Å². The highest BCUT2D eigenvalue weighted by atomic mass is 16.5. The van der Waals surface area contributed by atoms with Crippen LogP contribution >= 0.6 is 0 Å². The number of carbonyl (C=O) groups excluding carboxylic acids is 1. The van der Waals surface area contributed by atoms with Crippen LogP contribution in [0.4, 0.5) is 0 Å². The Morgan fingerprint density at radius 2 is 2.14 bits per heavy atom. The second kappa shape index (κ2) is 6.79. The molecule has 1 saturated heterocycles. The van der Waals surface area contributed by atoms with Crippen LogP contribution in [0.15, 0.2) is 42.5 Å². The molecule has 4 nitrogen and oxygen atoms in total. The lowest BCUT2D eigenvalue weighted by Gasteiger charge is -2.17.